The molecular weight excluding hydrogens is 671 g/mol. The van der Waals surface area contributed by atoms with Gasteiger partial charge in [0.25, 0.3) is 5.91 Å². The molecule has 0 atom stereocenters. The third kappa shape index (κ3) is 25.5. The molecule has 0 bridgehead atoms. The Kier molecular flexibility index (Phi) is 24.8. The number of carbonyl (C=O) groups is 1. The van der Waals surface area contributed by atoms with Crippen molar-refractivity contribution in [2.24, 2.45) is 5.84 Å². The molecular formula is C51H9N3O. The molecule has 1 aromatic rings. The van der Waals surface area contributed by atoms with E-state index in [0.717, 1.165) is 4.90 Å². The molecule has 0 heterocycles. The number of nitrogens with one attached hydrogen (secondary N) is 1. The van der Waals surface area contributed by atoms with Gasteiger partial charge in [0, 0.05) is 165 Å². The van der Waals surface area contributed by atoms with E-state index in [-0.39, 0.29) is 5.56 Å². The van der Waals surface area contributed by atoms with Gasteiger partial charge in [-0.05, 0) is 119 Å². The number of nitrogens with two attached hydrogens (primary N) is 1. The van der Waals surface area contributed by atoms with Crippen LogP contribution < -0.4 is 11.3 Å². The van der Waals surface area contributed by atoms with E-state index < -0.39 is 5.91 Å². The number of hydrogen-bond acceptors (Lipinski definition) is 3. The van der Waals surface area contributed by atoms with Gasteiger partial charge in [-0.15, -0.1) is 12.8 Å². The lowest BCUT2D eigenvalue weighted by Gasteiger charge is -2.07. The van der Waals surface area contributed by atoms with Gasteiger partial charge in [0.1, 0.15) is 0 Å². The van der Waals surface area contributed by atoms with Crippen LogP contribution in [0.15, 0.2) is 24.3 Å². The molecule has 0 unspecified atom stereocenters. The van der Waals surface area contributed by atoms with E-state index >= 15 is 0 Å². The van der Waals surface area contributed by atoms with Crippen molar-refractivity contribution >= 4 is 11.6 Å². The Morgan fingerprint density at radius 2 is 0.600 bits per heavy atom. The zero-order valence-electron chi connectivity index (χ0n) is 27.9. The number of nitrogens with zero attached hydrogens (tertiary/aromatic N) is 1. The Morgan fingerprint density at radius 3 is 0.818 bits per heavy atom. The zero-order chi connectivity index (χ0) is 39.5. The summed E-state index contributed by atoms with van der Waals surface area (Å²) in [5, 5.41) is 0. The van der Waals surface area contributed by atoms with Gasteiger partial charge in [0.2, 0.25) is 0 Å². The standard InChI is InChI=1S/C51H9N3O/c1-3-5-7-9-11-13-15-17-19-21-23-25-27-29-31-33-35-37-39-41-47-54(51(55)49-43-45-50(53-52)46-44-49)48-42-40-38-36-34-32-30-28-26-24-22-20-18-16-14-12-10-8-6-4-2/h1-2,43-46,53H,52H2. The van der Waals surface area contributed by atoms with E-state index in [4.69, 9.17) is 18.7 Å². The normalized spacial score (nSPS) is 5.22. The van der Waals surface area contributed by atoms with E-state index in [1.165, 1.54) is 0 Å². The smallest absolute Gasteiger partial charge is 0.277 e. The first-order chi connectivity index (χ1) is 27.2. The molecule has 0 saturated carbocycles. The fourth-order valence-corrected chi connectivity index (χ4v) is 2.27. The SMILES string of the molecule is C#CC#CC#CC#CC#CC#CC#CC#CC#CC#CC#CN(C#CC#CC#CC#CC#CC#CC#CC#CC#CC#CC#C)C(=O)c1ccc(NN)cc1. The first-order valence-corrected chi connectivity index (χ1v) is 14.1. The molecule has 1 amide bonds. The lowest BCUT2D eigenvalue weighted by Crippen LogP contribution is -2.21. The summed E-state index contributed by atoms with van der Waals surface area (Å²) >= 11 is 0. The Labute approximate surface area is 323 Å². The van der Waals surface area contributed by atoms with Crippen LogP contribution in [0.1, 0.15) is 10.4 Å². The monoisotopic (exact) mass is 679 g/mol. The number of nitrogen functional groups attached to an aromatic ring is 1. The zero-order valence-corrected chi connectivity index (χ0v) is 27.9. The summed E-state index contributed by atoms with van der Waals surface area (Å²) in [6.07, 6.45) is 9.91. The summed E-state index contributed by atoms with van der Waals surface area (Å²) in [7, 11) is 0. The lowest BCUT2D eigenvalue weighted by atomic mass is 10.2. The Balaban J connectivity index is 2.92. The third-order valence-electron chi connectivity index (χ3n) is 4.23. The van der Waals surface area contributed by atoms with Gasteiger partial charge >= 0.3 is 0 Å². The van der Waals surface area contributed by atoms with E-state index in [1.807, 2.05) is 0 Å². The average molecular weight is 680 g/mol. The summed E-state index contributed by atoms with van der Waals surface area (Å²) < 4.78 is 0. The van der Waals surface area contributed by atoms with Crippen LogP contribution in [0.4, 0.5) is 5.69 Å². The predicted molar refractivity (Wildman–Crippen MR) is 214 cm³/mol. The van der Waals surface area contributed by atoms with Gasteiger partial charge in [0.05, 0.1) is 0 Å². The maximum atomic E-state index is 13.0. The molecule has 1 rings (SSSR count). The maximum absolute atomic E-state index is 13.0. The van der Waals surface area contributed by atoms with E-state index in [9.17, 15) is 4.79 Å². The highest BCUT2D eigenvalue weighted by molar-refractivity contribution is 5.97. The fraction of sp³-hybridized carbons (Fsp3) is 0. The maximum Gasteiger partial charge on any atom is 0.277 e. The van der Waals surface area contributed by atoms with Crippen LogP contribution in [-0.2, 0) is 0 Å². The molecule has 0 radical (unpaired) electrons. The number of benzene rings is 1. The fourth-order valence-electron chi connectivity index (χ4n) is 2.27. The average Bonchev–Trinajstić information content (AvgIpc) is 3.21. The van der Waals surface area contributed by atoms with E-state index in [1.54, 1.807) is 24.3 Å². The van der Waals surface area contributed by atoms with Crippen molar-refractivity contribution in [1.82, 2.24) is 4.90 Å². The van der Waals surface area contributed by atoms with Gasteiger partial charge in [-0.25, -0.2) is 0 Å². The minimum Gasteiger partial charge on any atom is -0.324 e. The van der Waals surface area contributed by atoms with Gasteiger partial charge in [-0.3, -0.25) is 10.6 Å². The minimum atomic E-state index is -0.532. The van der Waals surface area contributed by atoms with Crippen LogP contribution in [0.3, 0.4) is 0 Å². The Bertz CT molecular complexity index is 2980. The van der Waals surface area contributed by atoms with Crippen LogP contribution in [0.5, 0.6) is 0 Å². The van der Waals surface area contributed by atoms with Crippen molar-refractivity contribution in [3.63, 3.8) is 0 Å². The largest absolute Gasteiger partial charge is 0.324 e. The number of hydrazine groups is 1. The molecule has 0 aromatic heterocycles. The van der Waals surface area contributed by atoms with Crippen molar-refractivity contribution in [2.75, 3.05) is 5.43 Å². The topological polar surface area (TPSA) is 58.4 Å². The van der Waals surface area contributed by atoms with Crippen molar-refractivity contribution in [3.8, 4) is 262 Å². The van der Waals surface area contributed by atoms with Gasteiger partial charge in [-0.1, -0.05) is 0 Å². The van der Waals surface area contributed by atoms with Crippen LogP contribution in [0.25, 0.3) is 0 Å². The molecule has 3 N–H and O–H groups in total. The molecule has 0 aliphatic heterocycles. The summed E-state index contributed by atoms with van der Waals surface area (Å²) in [6, 6.07) is 11.4. The lowest BCUT2D eigenvalue weighted by molar-refractivity contribution is 0.0887. The number of rotatable bonds is 2. The number of terminal acetylenes is 2. The second kappa shape index (κ2) is 32.7. The first kappa shape index (κ1) is 41.8. The second-order valence-corrected chi connectivity index (χ2v) is 7.62. The first-order valence-electron chi connectivity index (χ1n) is 14.1. The Hall–Kier alpha value is -11.2. The quantitative estimate of drug-likeness (QED) is 0.209. The number of hydrogen-bond donors (Lipinski definition) is 2. The highest BCUT2D eigenvalue weighted by Crippen LogP contribution is 2.10. The van der Waals surface area contributed by atoms with Crippen LogP contribution in [-0.4, -0.2) is 10.8 Å². The molecule has 0 aliphatic rings. The van der Waals surface area contributed by atoms with Crippen molar-refractivity contribution in [3.05, 3.63) is 29.8 Å². The predicted octanol–water partition coefficient (Wildman–Crippen LogP) is 0.664. The van der Waals surface area contributed by atoms with Crippen LogP contribution >= 0.6 is 0 Å². The van der Waals surface area contributed by atoms with Crippen molar-refractivity contribution in [1.29, 1.82) is 0 Å². The Morgan fingerprint density at radius 1 is 0.382 bits per heavy atom. The molecule has 0 saturated heterocycles. The van der Waals surface area contributed by atoms with E-state index in [2.05, 4.69) is 254 Å². The summed E-state index contributed by atoms with van der Waals surface area (Å²) in [6.45, 7) is 0. The molecule has 4 nitrogen and oxygen atoms in total. The summed E-state index contributed by atoms with van der Waals surface area (Å²) in [5.74, 6) is 103. The van der Waals surface area contributed by atoms with Gasteiger partial charge in [0.15, 0.2) is 0 Å². The molecule has 4 heteroatoms. The second-order valence-electron chi connectivity index (χ2n) is 7.62. The highest BCUT2D eigenvalue weighted by atomic mass is 16.2. The molecule has 1 aromatic carbocycles. The van der Waals surface area contributed by atoms with Gasteiger partial charge < -0.3 is 5.43 Å². The highest BCUT2D eigenvalue weighted by Gasteiger charge is 2.12. The molecule has 55 heavy (non-hydrogen) atoms. The molecule has 0 fully saturated rings. The van der Waals surface area contributed by atoms with Gasteiger partial charge in [-0.2, -0.15) is 4.90 Å². The minimum absolute atomic E-state index is 0.286. The van der Waals surface area contributed by atoms with Crippen molar-refractivity contribution < 1.29 is 4.79 Å². The number of anilines is 1. The number of carbonyl (C=O) groups excluding carboxylic acids is 1. The molecule has 0 spiro atoms. The van der Waals surface area contributed by atoms with Crippen LogP contribution in [0, 0.1) is 262 Å². The van der Waals surface area contributed by atoms with E-state index in [0.29, 0.717) is 5.69 Å². The third-order valence-corrected chi connectivity index (χ3v) is 4.23. The summed E-state index contributed by atoms with van der Waals surface area (Å²) in [4.78, 5) is 13.9. The number of amides is 1. The summed E-state index contributed by atoms with van der Waals surface area (Å²) in [5.41, 5.74) is 3.36. The van der Waals surface area contributed by atoms with Crippen molar-refractivity contribution in [2.45, 2.75) is 0 Å². The molecule has 0 aliphatic carbocycles. The molecule has 234 valence electrons. The van der Waals surface area contributed by atoms with Crippen LogP contribution in [0.2, 0.25) is 0 Å².